The molecule has 10 nitrogen and oxygen atoms in total. The molecular weight excluding hydrogens is 597 g/mol. The van der Waals surface area contributed by atoms with Gasteiger partial charge in [0.25, 0.3) is 5.56 Å². The molecule has 0 bridgehead atoms. The second-order valence-corrected chi connectivity index (χ2v) is 8.99. The van der Waals surface area contributed by atoms with E-state index in [9.17, 15) is 14.7 Å². The lowest BCUT2D eigenvalue weighted by molar-refractivity contribution is 0.0688. The SMILES string of the molecule is COc1cc(-c2c(C(=O)O)n(-c3ccc(N)cc3)c(=O)c3cc(OCc4ccccn4)ccc23)cc(OC)c1OC.Cl.Cl. The number of ether oxygens (including phenoxy) is 4. The van der Waals surface area contributed by atoms with E-state index in [0.717, 1.165) is 4.57 Å². The first-order valence-electron chi connectivity index (χ1n) is 12.5. The van der Waals surface area contributed by atoms with Crippen molar-refractivity contribution in [1.82, 2.24) is 9.55 Å². The van der Waals surface area contributed by atoms with Gasteiger partial charge in [-0.15, -0.1) is 24.8 Å². The molecule has 0 spiro atoms. The molecule has 0 radical (unpaired) electrons. The van der Waals surface area contributed by atoms with Crippen molar-refractivity contribution >= 4 is 47.2 Å². The van der Waals surface area contributed by atoms with E-state index in [1.54, 1.807) is 60.8 Å². The molecule has 5 rings (SSSR count). The molecule has 3 aromatic carbocycles. The molecule has 0 fully saturated rings. The zero-order valence-electron chi connectivity index (χ0n) is 23.4. The number of anilines is 1. The molecule has 0 aliphatic carbocycles. The average Bonchev–Trinajstić information content (AvgIpc) is 3.00. The fraction of sp³-hybridized carbons (Fsp3) is 0.129. The molecule has 2 aromatic heterocycles. The number of hydrogen-bond acceptors (Lipinski definition) is 8. The number of nitrogens with zero attached hydrogens (tertiary/aromatic N) is 2. The summed E-state index contributed by atoms with van der Waals surface area (Å²) in [6.45, 7) is 0.186. The fourth-order valence-corrected chi connectivity index (χ4v) is 4.70. The molecule has 0 amide bonds. The summed E-state index contributed by atoms with van der Waals surface area (Å²) in [5.41, 5.74) is 7.32. The van der Waals surface area contributed by atoms with Gasteiger partial charge in [-0.3, -0.25) is 14.3 Å². The summed E-state index contributed by atoms with van der Waals surface area (Å²) >= 11 is 0. The van der Waals surface area contributed by atoms with Crippen LogP contribution in [0.15, 0.2) is 83.8 Å². The van der Waals surface area contributed by atoms with Gasteiger partial charge in [-0.05, 0) is 77.7 Å². The van der Waals surface area contributed by atoms with Crippen LogP contribution in [0.2, 0.25) is 0 Å². The van der Waals surface area contributed by atoms with Crippen molar-refractivity contribution in [2.45, 2.75) is 6.61 Å². The Balaban J connectivity index is 0.00000253. The number of pyridine rings is 2. The van der Waals surface area contributed by atoms with Gasteiger partial charge >= 0.3 is 5.97 Å². The van der Waals surface area contributed by atoms with Gasteiger partial charge in [0, 0.05) is 23.1 Å². The molecule has 0 atom stereocenters. The van der Waals surface area contributed by atoms with Gasteiger partial charge < -0.3 is 29.8 Å². The van der Waals surface area contributed by atoms with E-state index < -0.39 is 11.5 Å². The maximum absolute atomic E-state index is 14.0. The number of carboxylic acids is 1. The molecule has 0 unspecified atom stereocenters. The molecular formula is C31H29Cl2N3O7. The number of methoxy groups -OCH3 is 3. The van der Waals surface area contributed by atoms with Gasteiger partial charge in [-0.25, -0.2) is 4.79 Å². The molecule has 3 N–H and O–H groups in total. The smallest absolute Gasteiger partial charge is 0.353 e. The van der Waals surface area contributed by atoms with E-state index in [0.29, 0.717) is 51.0 Å². The van der Waals surface area contributed by atoms with Gasteiger partial charge in [-0.1, -0.05) is 6.07 Å². The lowest BCUT2D eigenvalue weighted by Crippen LogP contribution is -2.26. The Hall–Kier alpha value is -4.93. The summed E-state index contributed by atoms with van der Waals surface area (Å²) in [7, 11) is 4.42. The van der Waals surface area contributed by atoms with Crippen LogP contribution in [-0.2, 0) is 6.61 Å². The third-order valence-corrected chi connectivity index (χ3v) is 6.57. The summed E-state index contributed by atoms with van der Waals surface area (Å²) in [6.07, 6.45) is 1.67. The molecule has 43 heavy (non-hydrogen) atoms. The number of aromatic carboxylic acids is 1. The van der Waals surface area contributed by atoms with Crippen LogP contribution in [0.3, 0.4) is 0 Å². The van der Waals surface area contributed by atoms with Crippen molar-refractivity contribution in [3.05, 3.63) is 101 Å². The quantitative estimate of drug-likeness (QED) is 0.195. The third kappa shape index (κ3) is 6.30. The summed E-state index contributed by atoms with van der Waals surface area (Å²) in [5.74, 6) is 0.110. The number of nitrogen functional groups attached to an aromatic ring is 1. The number of carboxylic acid groups (broad SMARTS) is 1. The number of hydrogen-bond donors (Lipinski definition) is 2. The first-order valence-corrected chi connectivity index (χ1v) is 12.5. The van der Waals surface area contributed by atoms with Crippen LogP contribution in [0.1, 0.15) is 16.2 Å². The Morgan fingerprint density at radius 1 is 0.884 bits per heavy atom. The van der Waals surface area contributed by atoms with Crippen LogP contribution >= 0.6 is 24.8 Å². The molecule has 0 saturated carbocycles. The average molecular weight is 626 g/mol. The number of halogens is 2. The first kappa shape index (κ1) is 32.6. The Kier molecular flexibility index (Phi) is 10.5. The monoisotopic (exact) mass is 625 g/mol. The van der Waals surface area contributed by atoms with E-state index >= 15 is 0 Å². The lowest BCUT2D eigenvalue weighted by atomic mass is 9.95. The van der Waals surface area contributed by atoms with Crippen molar-refractivity contribution in [2.75, 3.05) is 27.1 Å². The van der Waals surface area contributed by atoms with Gasteiger partial charge in [0.15, 0.2) is 11.5 Å². The van der Waals surface area contributed by atoms with E-state index in [-0.39, 0.29) is 48.1 Å². The maximum atomic E-state index is 14.0. The van der Waals surface area contributed by atoms with Gasteiger partial charge in [0.05, 0.1) is 32.4 Å². The second-order valence-electron chi connectivity index (χ2n) is 8.99. The Morgan fingerprint density at radius 3 is 2.12 bits per heavy atom. The van der Waals surface area contributed by atoms with Gasteiger partial charge in [0.1, 0.15) is 18.1 Å². The molecule has 2 heterocycles. The third-order valence-electron chi connectivity index (χ3n) is 6.57. The number of carbonyl (C=O) groups is 1. The first-order chi connectivity index (χ1) is 19.9. The maximum Gasteiger partial charge on any atom is 0.353 e. The van der Waals surface area contributed by atoms with Gasteiger partial charge in [0.2, 0.25) is 5.75 Å². The minimum atomic E-state index is -1.31. The zero-order valence-corrected chi connectivity index (χ0v) is 25.0. The molecule has 5 aromatic rings. The molecule has 0 aliphatic heterocycles. The number of fused-ring (bicyclic) bond motifs is 1. The van der Waals surface area contributed by atoms with Crippen molar-refractivity contribution < 1.29 is 28.8 Å². The van der Waals surface area contributed by atoms with E-state index in [4.69, 9.17) is 24.7 Å². The van der Waals surface area contributed by atoms with Crippen molar-refractivity contribution in [2.24, 2.45) is 0 Å². The number of benzene rings is 3. The predicted molar refractivity (Wildman–Crippen MR) is 169 cm³/mol. The van der Waals surface area contributed by atoms with Crippen LogP contribution in [-0.4, -0.2) is 42.0 Å². The van der Waals surface area contributed by atoms with Crippen LogP contribution in [0, 0.1) is 0 Å². The number of nitrogens with two attached hydrogens (primary N) is 1. The molecule has 0 saturated heterocycles. The highest BCUT2D eigenvalue weighted by Gasteiger charge is 2.26. The van der Waals surface area contributed by atoms with Crippen LogP contribution in [0.5, 0.6) is 23.0 Å². The second kappa shape index (κ2) is 13.8. The minimum absolute atomic E-state index is 0. The summed E-state index contributed by atoms with van der Waals surface area (Å²) in [4.78, 5) is 31.2. The Morgan fingerprint density at radius 2 is 1.56 bits per heavy atom. The van der Waals surface area contributed by atoms with Crippen molar-refractivity contribution in [1.29, 1.82) is 0 Å². The summed E-state index contributed by atoms with van der Waals surface area (Å²) < 4.78 is 23.6. The topological polar surface area (TPSA) is 135 Å². The highest BCUT2D eigenvalue weighted by atomic mass is 35.5. The number of aromatic nitrogens is 2. The van der Waals surface area contributed by atoms with E-state index in [1.807, 2.05) is 18.2 Å². The number of rotatable bonds is 9. The fourth-order valence-electron chi connectivity index (χ4n) is 4.70. The normalized spacial score (nSPS) is 10.3. The largest absolute Gasteiger partial charge is 0.493 e. The van der Waals surface area contributed by atoms with E-state index in [2.05, 4.69) is 4.98 Å². The lowest BCUT2D eigenvalue weighted by Gasteiger charge is -2.20. The highest BCUT2D eigenvalue weighted by Crippen LogP contribution is 2.44. The van der Waals surface area contributed by atoms with Crippen molar-refractivity contribution in [3.8, 4) is 39.8 Å². The standard InChI is InChI=1S/C31H27N3O7.2ClH/c1-38-25-14-18(15-26(39-2)29(25)40-3)27-23-12-11-22(41-17-20-6-4-5-13-33-20)16-24(23)30(35)34(28(27)31(36)37)21-9-7-19(32)8-10-21;;/h4-16H,17,32H2,1-3H3,(H,36,37);2*1H. The van der Waals surface area contributed by atoms with Crippen LogP contribution < -0.4 is 30.2 Å². The molecule has 12 heteroatoms. The zero-order chi connectivity index (χ0) is 29.1. The van der Waals surface area contributed by atoms with Crippen molar-refractivity contribution in [3.63, 3.8) is 0 Å². The Bertz CT molecular complexity index is 1790. The summed E-state index contributed by atoms with van der Waals surface area (Å²) in [6, 6.07) is 20.1. The highest BCUT2D eigenvalue weighted by molar-refractivity contribution is 6.07. The Labute approximate surface area is 259 Å². The van der Waals surface area contributed by atoms with E-state index in [1.165, 1.54) is 21.3 Å². The predicted octanol–water partition coefficient (Wildman–Crippen LogP) is 5.78. The van der Waals surface area contributed by atoms with Crippen LogP contribution in [0.25, 0.3) is 27.6 Å². The minimum Gasteiger partial charge on any atom is -0.493 e. The molecule has 224 valence electrons. The summed E-state index contributed by atoms with van der Waals surface area (Å²) in [5, 5.41) is 11.2. The van der Waals surface area contributed by atoms with Crippen LogP contribution in [0.4, 0.5) is 5.69 Å². The van der Waals surface area contributed by atoms with Gasteiger partial charge in [-0.2, -0.15) is 0 Å². The molecule has 0 aliphatic rings.